The summed E-state index contributed by atoms with van der Waals surface area (Å²) in [5.41, 5.74) is 5.19. The van der Waals surface area contributed by atoms with E-state index in [4.69, 9.17) is 0 Å². The number of hydrogen-bond donors (Lipinski definition) is 3. The van der Waals surface area contributed by atoms with E-state index in [0.717, 1.165) is 17.7 Å². The van der Waals surface area contributed by atoms with E-state index in [0.29, 0.717) is 31.4 Å². The molecule has 1 aliphatic carbocycles. The molecule has 0 saturated heterocycles. The van der Waals surface area contributed by atoms with Crippen LogP contribution in [0.25, 0.3) is 0 Å². The minimum atomic E-state index is -0.251. The molecule has 1 aromatic carbocycles. The Morgan fingerprint density at radius 2 is 2.10 bits per heavy atom. The van der Waals surface area contributed by atoms with E-state index in [9.17, 15) is 14.0 Å². The maximum absolute atomic E-state index is 13.6. The molecule has 164 valence electrons. The molecule has 31 heavy (non-hydrogen) atoms. The van der Waals surface area contributed by atoms with Crippen LogP contribution in [0.4, 0.5) is 4.39 Å². The molecule has 6 nitrogen and oxygen atoms in total. The largest absolute Gasteiger partial charge is 0.355 e. The van der Waals surface area contributed by atoms with Crippen LogP contribution in [-0.4, -0.2) is 36.7 Å². The first kappa shape index (κ1) is 22.6. The summed E-state index contributed by atoms with van der Waals surface area (Å²) in [4.78, 5) is 23.7. The summed E-state index contributed by atoms with van der Waals surface area (Å²) < 4.78 is 13.6. The number of hydrogen-bond acceptors (Lipinski definition) is 4. The molecule has 0 saturated carbocycles. The molecule has 0 spiro atoms. The fourth-order valence-corrected chi connectivity index (χ4v) is 3.57. The molecule has 0 radical (unpaired) electrons. The van der Waals surface area contributed by atoms with Gasteiger partial charge in [-0.1, -0.05) is 55.5 Å². The molecular formula is C24H29FN4O2. The fourth-order valence-electron chi connectivity index (χ4n) is 3.57. The highest BCUT2D eigenvalue weighted by molar-refractivity contribution is 6.02. The Bertz CT molecular complexity index is 920. The quantitative estimate of drug-likeness (QED) is 0.589. The zero-order chi connectivity index (χ0) is 22.1. The number of amides is 2. The topological polar surface area (TPSA) is 82.6 Å². The number of allylic oxidation sites excluding steroid dienone is 4. The normalized spacial score (nSPS) is 24.0. The van der Waals surface area contributed by atoms with E-state index >= 15 is 0 Å². The molecule has 2 atom stereocenters. The van der Waals surface area contributed by atoms with Crippen molar-refractivity contribution in [3.8, 4) is 0 Å². The molecule has 1 aliphatic heterocycles. The van der Waals surface area contributed by atoms with Gasteiger partial charge in [-0.25, -0.2) is 9.82 Å². The maximum atomic E-state index is 13.6. The molecule has 3 rings (SSSR count). The van der Waals surface area contributed by atoms with Crippen LogP contribution >= 0.6 is 0 Å². The van der Waals surface area contributed by atoms with Gasteiger partial charge in [0, 0.05) is 19.0 Å². The van der Waals surface area contributed by atoms with Gasteiger partial charge in [0.1, 0.15) is 5.82 Å². The standard InChI is InChI=1S/C24H29FN4O2/c1-17-14-22(28-29-23(30)15-17)19-7-4-9-20(10-5-8-19)27-16-24(31)26-13-12-18-6-2-3-11-21(18)25/h2-7,9-11,17,20,27H,8,12-16H2,1H3,(H,26,31)(H,29,30)/b9-4?,10-5-,19-7+. The third-order valence-electron chi connectivity index (χ3n) is 5.23. The summed E-state index contributed by atoms with van der Waals surface area (Å²) >= 11 is 0. The van der Waals surface area contributed by atoms with Gasteiger partial charge in [0.25, 0.3) is 0 Å². The summed E-state index contributed by atoms with van der Waals surface area (Å²) in [5.74, 6) is -0.170. The van der Waals surface area contributed by atoms with Gasteiger partial charge in [0.2, 0.25) is 11.8 Å². The Hall–Kier alpha value is -3.06. The highest BCUT2D eigenvalue weighted by Crippen LogP contribution is 2.19. The predicted octanol–water partition coefficient (Wildman–Crippen LogP) is 2.79. The minimum Gasteiger partial charge on any atom is -0.355 e. The van der Waals surface area contributed by atoms with E-state index < -0.39 is 0 Å². The van der Waals surface area contributed by atoms with Crippen molar-refractivity contribution < 1.29 is 14.0 Å². The predicted molar refractivity (Wildman–Crippen MR) is 120 cm³/mol. The molecule has 7 heteroatoms. The zero-order valence-corrected chi connectivity index (χ0v) is 17.7. The number of rotatable bonds is 7. The van der Waals surface area contributed by atoms with E-state index in [-0.39, 0.29) is 36.1 Å². The van der Waals surface area contributed by atoms with Gasteiger partial charge in [-0.05, 0) is 42.4 Å². The van der Waals surface area contributed by atoms with E-state index in [1.165, 1.54) is 6.07 Å². The first-order valence-corrected chi connectivity index (χ1v) is 10.6. The Kier molecular flexibility index (Phi) is 8.29. The van der Waals surface area contributed by atoms with Crippen molar-refractivity contribution in [2.75, 3.05) is 13.1 Å². The number of nitrogens with zero attached hydrogens (tertiary/aromatic N) is 1. The van der Waals surface area contributed by atoms with Crippen LogP contribution in [0.3, 0.4) is 0 Å². The molecule has 1 aromatic rings. The van der Waals surface area contributed by atoms with Crippen molar-refractivity contribution in [1.82, 2.24) is 16.1 Å². The van der Waals surface area contributed by atoms with Crippen molar-refractivity contribution in [3.05, 3.63) is 71.6 Å². The SMILES string of the molecule is CC1CC(=O)NN=C(/C2=C/C=CC(NCC(=O)NCCc3ccccc3F)/C=C\C2)C1. The molecular weight excluding hydrogens is 395 g/mol. The second-order valence-electron chi connectivity index (χ2n) is 7.91. The molecule has 0 aromatic heterocycles. The lowest BCUT2D eigenvalue weighted by Gasteiger charge is -2.14. The zero-order valence-electron chi connectivity index (χ0n) is 17.7. The van der Waals surface area contributed by atoms with Crippen molar-refractivity contribution >= 4 is 17.5 Å². The van der Waals surface area contributed by atoms with Gasteiger partial charge in [0.05, 0.1) is 12.3 Å². The van der Waals surface area contributed by atoms with Crippen LogP contribution in [0, 0.1) is 11.7 Å². The third kappa shape index (κ3) is 7.29. The number of hydrazone groups is 1. The average molecular weight is 425 g/mol. The van der Waals surface area contributed by atoms with Crippen molar-refractivity contribution in [1.29, 1.82) is 0 Å². The average Bonchev–Trinajstić information content (AvgIpc) is 2.88. The second-order valence-corrected chi connectivity index (χ2v) is 7.91. The molecule has 3 N–H and O–H groups in total. The molecule has 2 aliphatic rings. The number of benzene rings is 1. The van der Waals surface area contributed by atoms with Gasteiger partial charge in [-0.15, -0.1) is 0 Å². The highest BCUT2D eigenvalue weighted by atomic mass is 19.1. The Balaban J connectivity index is 1.45. The number of carbonyl (C=O) groups excluding carboxylic acids is 2. The second kappa shape index (κ2) is 11.4. The Labute approximate surface area is 182 Å². The van der Waals surface area contributed by atoms with Crippen molar-refractivity contribution in [2.24, 2.45) is 11.0 Å². The van der Waals surface area contributed by atoms with E-state index in [1.807, 2.05) is 30.4 Å². The maximum Gasteiger partial charge on any atom is 0.240 e. The minimum absolute atomic E-state index is 0.0449. The van der Waals surface area contributed by atoms with E-state index in [1.54, 1.807) is 18.2 Å². The Morgan fingerprint density at radius 3 is 2.94 bits per heavy atom. The first-order valence-electron chi connectivity index (χ1n) is 10.6. The van der Waals surface area contributed by atoms with Crippen molar-refractivity contribution in [3.63, 3.8) is 0 Å². The van der Waals surface area contributed by atoms with Gasteiger partial charge in [-0.2, -0.15) is 5.10 Å². The number of halogens is 1. The lowest BCUT2D eigenvalue weighted by molar-refractivity contribution is -0.122. The van der Waals surface area contributed by atoms with Gasteiger partial charge in [0.15, 0.2) is 0 Å². The molecule has 1 heterocycles. The number of carbonyl (C=O) groups is 2. The van der Waals surface area contributed by atoms with Gasteiger partial charge in [-0.3, -0.25) is 14.9 Å². The fraction of sp³-hybridized carbons (Fsp3) is 0.375. The molecule has 2 unspecified atom stereocenters. The van der Waals surface area contributed by atoms with Crippen LogP contribution in [0.5, 0.6) is 0 Å². The summed E-state index contributed by atoms with van der Waals surface area (Å²) in [6.07, 6.45) is 12.4. The van der Waals surface area contributed by atoms with Crippen LogP contribution in [-0.2, 0) is 16.0 Å². The molecule has 0 fully saturated rings. The van der Waals surface area contributed by atoms with Gasteiger partial charge >= 0.3 is 0 Å². The first-order chi connectivity index (χ1) is 15.0. The Morgan fingerprint density at radius 1 is 1.26 bits per heavy atom. The summed E-state index contributed by atoms with van der Waals surface area (Å²) in [5, 5.41) is 10.3. The smallest absolute Gasteiger partial charge is 0.240 e. The summed E-state index contributed by atoms with van der Waals surface area (Å²) in [6, 6.07) is 6.52. The third-order valence-corrected chi connectivity index (χ3v) is 5.23. The molecule has 0 bridgehead atoms. The number of nitrogens with one attached hydrogen (secondary N) is 3. The van der Waals surface area contributed by atoms with Crippen molar-refractivity contribution in [2.45, 2.75) is 38.6 Å². The van der Waals surface area contributed by atoms with Crippen LogP contribution < -0.4 is 16.1 Å². The van der Waals surface area contributed by atoms with E-state index in [2.05, 4.69) is 28.1 Å². The summed E-state index contributed by atoms with van der Waals surface area (Å²) in [6.45, 7) is 2.61. The lowest BCUT2D eigenvalue weighted by Crippen LogP contribution is -2.38. The highest BCUT2D eigenvalue weighted by Gasteiger charge is 2.18. The monoisotopic (exact) mass is 424 g/mol. The van der Waals surface area contributed by atoms with Gasteiger partial charge < -0.3 is 5.32 Å². The van der Waals surface area contributed by atoms with Crippen LogP contribution in [0.2, 0.25) is 0 Å². The molecule has 2 amide bonds. The summed E-state index contributed by atoms with van der Waals surface area (Å²) in [7, 11) is 0. The van der Waals surface area contributed by atoms with Crippen LogP contribution in [0.1, 0.15) is 31.7 Å². The van der Waals surface area contributed by atoms with Crippen LogP contribution in [0.15, 0.2) is 65.3 Å². The lowest BCUT2D eigenvalue weighted by atomic mass is 9.94.